The number of benzene rings is 1. The van der Waals surface area contributed by atoms with E-state index in [9.17, 15) is 4.39 Å². The van der Waals surface area contributed by atoms with Gasteiger partial charge < -0.3 is 5.73 Å². The van der Waals surface area contributed by atoms with Crippen LogP contribution >= 0.6 is 0 Å². The minimum absolute atomic E-state index is 0.0537. The van der Waals surface area contributed by atoms with Crippen molar-refractivity contribution in [2.24, 2.45) is 5.73 Å². The number of hydrogen-bond donors (Lipinski definition) is 1. The zero-order valence-electron chi connectivity index (χ0n) is 8.34. The van der Waals surface area contributed by atoms with Gasteiger partial charge in [0.2, 0.25) is 0 Å². The van der Waals surface area contributed by atoms with Crippen LogP contribution in [-0.2, 0) is 5.41 Å². The molecule has 13 heavy (non-hydrogen) atoms. The van der Waals surface area contributed by atoms with E-state index in [0.717, 1.165) is 5.56 Å². The topological polar surface area (TPSA) is 26.0 Å². The first kappa shape index (κ1) is 10.2. The molecule has 0 radical (unpaired) electrons. The maximum Gasteiger partial charge on any atom is 0.123 e. The summed E-state index contributed by atoms with van der Waals surface area (Å²) in [5.74, 6) is -0.204. The van der Waals surface area contributed by atoms with Gasteiger partial charge in [-0.3, -0.25) is 0 Å². The highest BCUT2D eigenvalue weighted by Crippen LogP contribution is 2.25. The monoisotopic (exact) mass is 181 g/mol. The van der Waals surface area contributed by atoms with E-state index in [1.807, 2.05) is 6.92 Å². The highest BCUT2D eigenvalue weighted by Gasteiger charge is 2.24. The molecule has 0 amide bonds. The summed E-state index contributed by atoms with van der Waals surface area (Å²) in [6.07, 6.45) is 0. The first-order valence-electron chi connectivity index (χ1n) is 4.46. The van der Waals surface area contributed by atoms with Crippen LogP contribution in [0, 0.1) is 5.82 Å². The number of halogens is 1. The standard InChI is InChI=1S/C11H16FN/c1-8(13)11(2,3)9-4-6-10(12)7-5-9/h4-8H,13H2,1-3H3/t8-/m0/s1. The minimum Gasteiger partial charge on any atom is -0.327 e. The summed E-state index contributed by atoms with van der Waals surface area (Å²) >= 11 is 0. The van der Waals surface area contributed by atoms with E-state index in [1.54, 1.807) is 12.1 Å². The van der Waals surface area contributed by atoms with E-state index in [1.165, 1.54) is 12.1 Å². The molecule has 1 aromatic rings. The van der Waals surface area contributed by atoms with E-state index in [4.69, 9.17) is 5.73 Å². The van der Waals surface area contributed by atoms with Gasteiger partial charge in [0.15, 0.2) is 0 Å². The van der Waals surface area contributed by atoms with E-state index >= 15 is 0 Å². The predicted octanol–water partition coefficient (Wildman–Crippen LogP) is 2.45. The Bertz CT molecular complexity index is 275. The molecule has 0 fully saturated rings. The maximum atomic E-state index is 12.6. The molecule has 0 bridgehead atoms. The number of rotatable bonds is 2. The lowest BCUT2D eigenvalue weighted by molar-refractivity contribution is 0.433. The molecular weight excluding hydrogens is 165 g/mol. The second kappa shape index (κ2) is 3.46. The summed E-state index contributed by atoms with van der Waals surface area (Å²) in [5, 5.41) is 0. The summed E-state index contributed by atoms with van der Waals surface area (Å²) < 4.78 is 12.6. The Hall–Kier alpha value is -0.890. The molecule has 0 aliphatic carbocycles. The molecule has 2 N–H and O–H groups in total. The van der Waals surface area contributed by atoms with Crippen LogP contribution < -0.4 is 5.73 Å². The quantitative estimate of drug-likeness (QED) is 0.745. The third-order valence-corrected chi connectivity index (χ3v) is 2.73. The summed E-state index contributed by atoms with van der Waals surface area (Å²) in [5.41, 5.74) is 6.82. The molecule has 2 heteroatoms. The molecule has 0 unspecified atom stereocenters. The van der Waals surface area contributed by atoms with Gasteiger partial charge in [0.25, 0.3) is 0 Å². The molecule has 0 spiro atoms. The Labute approximate surface area is 78.8 Å². The van der Waals surface area contributed by atoms with Crippen molar-refractivity contribution in [1.82, 2.24) is 0 Å². The van der Waals surface area contributed by atoms with Crippen LogP contribution in [0.5, 0.6) is 0 Å². The van der Waals surface area contributed by atoms with Crippen LogP contribution in [0.4, 0.5) is 4.39 Å². The van der Waals surface area contributed by atoms with E-state index in [2.05, 4.69) is 13.8 Å². The molecule has 0 heterocycles. The second-order valence-electron chi connectivity index (χ2n) is 4.02. The normalized spacial score (nSPS) is 14.2. The highest BCUT2D eigenvalue weighted by atomic mass is 19.1. The smallest absolute Gasteiger partial charge is 0.123 e. The van der Waals surface area contributed by atoms with Crippen molar-refractivity contribution < 1.29 is 4.39 Å². The molecular formula is C11H16FN. The molecule has 1 nitrogen and oxygen atoms in total. The molecule has 1 rings (SSSR count). The van der Waals surface area contributed by atoms with Crippen LogP contribution in [0.1, 0.15) is 26.3 Å². The minimum atomic E-state index is -0.204. The first-order valence-corrected chi connectivity index (χ1v) is 4.46. The average Bonchev–Trinajstić information content (AvgIpc) is 2.04. The zero-order chi connectivity index (χ0) is 10.1. The van der Waals surface area contributed by atoms with Gasteiger partial charge in [-0.15, -0.1) is 0 Å². The van der Waals surface area contributed by atoms with Crippen LogP contribution in [0.3, 0.4) is 0 Å². The lowest BCUT2D eigenvalue weighted by Crippen LogP contribution is -2.38. The molecule has 0 aromatic heterocycles. The molecule has 1 atom stereocenters. The molecule has 72 valence electrons. The lowest BCUT2D eigenvalue weighted by atomic mass is 9.79. The average molecular weight is 181 g/mol. The maximum absolute atomic E-state index is 12.6. The Balaban J connectivity index is 3.01. The highest BCUT2D eigenvalue weighted by molar-refractivity contribution is 5.25. The van der Waals surface area contributed by atoms with Gasteiger partial charge in [0.1, 0.15) is 5.82 Å². The Morgan fingerprint density at radius 3 is 2.08 bits per heavy atom. The Morgan fingerprint density at radius 1 is 1.23 bits per heavy atom. The molecule has 0 aliphatic heterocycles. The number of nitrogens with two attached hydrogens (primary N) is 1. The van der Waals surface area contributed by atoms with E-state index in [-0.39, 0.29) is 17.3 Å². The van der Waals surface area contributed by atoms with Crippen molar-refractivity contribution in [2.75, 3.05) is 0 Å². The van der Waals surface area contributed by atoms with Gasteiger partial charge in [-0.05, 0) is 24.6 Å². The zero-order valence-corrected chi connectivity index (χ0v) is 8.34. The molecule has 0 saturated carbocycles. The summed E-state index contributed by atoms with van der Waals surface area (Å²) in [6, 6.07) is 6.58. The first-order chi connectivity index (χ1) is 5.94. The summed E-state index contributed by atoms with van der Waals surface area (Å²) in [4.78, 5) is 0. The number of hydrogen-bond acceptors (Lipinski definition) is 1. The lowest BCUT2D eigenvalue weighted by Gasteiger charge is -2.29. The van der Waals surface area contributed by atoms with Gasteiger partial charge in [-0.25, -0.2) is 4.39 Å². The Kier molecular flexibility index (Phi) is 2.71. The summed E-state index contributed by atoms with van der Waals surface area (Å²) in [6.45, 7) is 6.08. The van der Waals surface area contributed by atoms with Crippen molar-refractivity contribution >= 4 is 0 Å². The van der Waals surface area contributed by atoms with Crippen molar-refractivity contribution in [3.8, 4) is 0 Å². The summed E-state index contributed by atoms with van der Waals surface area (Å²) in [7, 11) is 0. The van der Waals surface area contributed by atoms with Crippen LogP contribution in [0.25, 0.3) is 0 Å². The fraction of sp³-hybridized carbons (Fsp3) is 0.455. The van der Waals surface area contributed by atoms with Crippen molar-refractivity contribution in [1.29, 1.82) is 0 Å². The van der Waals surface area contributed by atoms with Gasteiger partial charge in [-0.1, -0.05) is 26.0 Å². The SMILES string of the molecule is C[C@H](N)C(C)(C)c1ccc(F)cc1. The third kappa shape index (κ3) is 2.07. The third-order valence-electron chi connectivity index (χ3n) is 2.73. The van der Waals surface area contributed by atoms with Gasteiger partial charge in [0.05, 0.1) is 0 Å². The van der Waals surface area contributed by atoms with Crippen molar-refractivity contribution in [2.45, 2.75) is 32.2 Å². The van der Waals surface area contributed by atoms with Gasteiger partial charge >= 0.3 is 0 Å². The van der Waals surface area contributed by atoms with E-state index in [0.29, 0.717) is 0 Å². The van der Waals surface area contributed by atoms with Gasteiger partial charge in [-0.2, -0.15) is 0 Å². The Morgan fingerprint density at radius 2 is 1.69 bits per heavy atom. The van der Waals surface area contributed by atoms with Crippen LogP contribution in [-0.4, -0.2) is 6.04 Å². The molecule has 0 aliphatic rings. The second-order valence-corrected chi connectivity index (χ2v) is 4.02. The largest absolute Gasteiger partial charge is 0.327 e. The van der Waals surface area contributed by atoms with Crippen molar-refractivity contribution in [3.63, 3.8) is 0 Å². The fourth-order valence-corrected chi connectivity index (χ4v) is 1.14. The van der Waals surface area contributed by atoms with Crippen LogP contribution in [0.2, 0.25) is 0 Å². The van der Waals surface area contributed by atoms with Gasteiger partial charge in [0, 0.05) is 11.5 Å². The van der Waals surface area contributed by atoms with Crippen molar-refractivity contribution in [3.05, 3.63) is 35.6 Å². The molecule has 1 aromatic carbocycles. The van der Waals surface area contributed by atoms with Crippen LogP contribution in [0.15, 0.2) is 24.3 Å². The fourth-order valence-electron chi connectivity index (χ4n) is 1.14. The predicted molar refractivity (Wildman–Crippen MR) is 53.1 cm³/mol. The van der Waals surface area contributed by atoms with E-state index < -0.39 is 0 Å². The molecule has 0 saturated heterocycles.